The number of aliphatic imine (C=N–C) groups is 1. The molecule has 0 amide bonds. The van der Waals surface area contributed by atoms with Crippen LogP contribution < -0.4 is 10.3 Å². The van der Waals surface area contributed by atoms with Gasteiger partial charge in [0.25, 0.3) is 5.56 Å². The number of H-pyrrole nitrogens is 2. The second-order valence-corrected chi connectivity index (χ2v) is 8.15. The van der Waals surface area contributed by atoms with Gasteiger partial charge < -0.3 is 9.72 Å². The van der Waals surface area contributed by atoms with E-state index in [2.05, 4.69) is 10.1 Å². The predicted octanol–water partition coefficient (Wildman–Crippen LogP) is 5.37. The summed E-state index contributed by atoms with van der Waals surface area (Å²) in [6.07, 6.45) is 2.77. The molecule has 2 N–H and O–H groups in total. The number of nitrogens with one attached hydrogen (secondary N) is 2. The maximum atomic E-state index is 13.5. The molecule has 2 heterocycles. The predicted molar refractivity (Wildman–Crippen MR) is 137 cm³/mol. The fourth-order valence-electron chi connectivity index (χ4n) is 4.26. The topological polar surface area (TPSA) is 75.2 Å². The van der Waals surface area contributed by atoms with Crippen molar-refractivity contribution < 1.29 is 4.74 Å². The second kappa shape index (κ2) is 9.27. The van der Waals surface area contributed by atoms with Crippen molar-refractivity contribution in [2.45, 2.75) is 13.3 Å². The molecule has 5 rings (SSSR count). The summed E-state index contributed by atoms with van der Waals surface area (Å²) in [5.74, 6) is 0.828. The van der Waals surface area contributed by atoms with Crippen molar-refractivity contribution >= 4 is 16.6 Å². The van der Waals surface area contributed by atoms with E-state index in [-0.39, 0.29) is 5.56 Å². The molecule has 170 valence electrons. The standard InChI is InChI=1S/C28H26N4O2/c1-19(29-16-15-21-18-30-25-14-13-23(34-2)17-24(21)25)26-27(20-9-5-3-6-10-20)31-32(28(26)33)22-11-7-4-8-12-22/h3-14,17-18,30-31H,15-16H2,1-2H3. The van der Waals surface area contributed by atoms with Gasteiger partial charge in [-0.2, -0.15) is 0 Å². The van der Waals surface area contributed by atoms with E-state index in [1.165, 1.54) is 5.56 Å². The molecular formula is C28H26N4O2. The zero-order valence-corrected chi connectivity index (χ0v) is 19.2. The first-order valence-corrected chi connectivity index (χ1v) is 11.3. The Bertz CT molecular complexity index is 1510. The number of ether oxygens (including phenoxy) is 1. The minimum absolute atomic E-state index is 0.108. The molecule has 6 heteroatoms. The van der Waals surface area contributed by atoms with Crippen LogP contribution in [0.5, 0.6) is 5.75 Å². The first-order valence-electron chi connectivity index (χ1n) is 11.3. The Balaban J connectivity index is 1.49. The molecule has 0 spiro atoms. The average molecular weight is 451 g/mol. The van der Waals surface area contributed by atoms with Gasteiger partial charge in [-0.15, -0.1) is 0 Å². The minimum Gasteiger partial charge on any atom is -0.497 e. The van der Waals surface area contributed by atoms with Crippen molar-refractivity contribution in [3.05, 3.63) is 107 Å². The van der Waals surface area contributed by atoms with Gasteiger partial charge >= 0.3 is 0 Å². The van der Waals surface area contributed by atoms with Crippen LogP contribution >= 0.6 is 0 Å². The molecule has 0 aliphatic heterocycles. The van der Waals surface area contributed by atoms with Crippen molar-refractivity contribution in [2.75, 3.05) is 13.7 Å². The lowest BCUT2D eigenvalue weighted by Gasteiger charge is -2.04. The molecule has 2 aromatic heterocycles. The zero-order valence-electron chi connectivity index (χ0n) is 19.2. The van der Waals surface area contributed by atoms with E-state index in [9.17, 15) is 4.79 Å². The maximum absolute atomic E-state index is 13.5. The van der Waals surface area contributed by atoms with Gasteiger partial charge in [0, 0.05) is 34.9 Å². The highest BCUT2D eigenvalue weighted by atomic mass is 16.5. The van der Waals surface area contributed by atoms with Crippen LogP contribution in [0.4, 0.5) is 0 Å². The SMILES string of the molecule is COc1ccc2[nH]cc(CCN=C(C)c3c(-c4ccccc4)[nH]n(-c4ccccc4)c3=O)c2c1. The normalized spacial score (nSPS) is 11.8. The number of nitrogens with zero attached hydrogens (tertiary/aromatic N) is 2. The van der Waals surface area contributed by atoms with E-state index >= 15 is 0 Å². The Kier molecular flexibility index (Phi) is 5.87. The third-order valence-corrected chi connectivity index (χ3v) is 6.03. The average Bonchev–Trinajstić information content (AvgIpc) is 3.45. The number of hydrogen-bond acceptors (Lipinski definition) is 3. The summed E-state index contributed by atoms with van der Waals surface area (Å²) in [5.41, 5.74) is 5.95. The highest BCUT2D eigenvalue weighted by molar-refractivity contribution is 6.03. The van der Waals surface area contributed by atoms with Gasteiger partial charge in [-0.05, 0) is 49.2 Å². The van der Waals surface area contributed by atoms with E-state index < -0.39 is 0 Å². The number of aromatic nitrogens is 3. The first kappa shape index (κ1) is 21.5. The summed E-state index contributed by atoms with van der Waals surface area (Å²) in [4.78, 5) is 21.6. The Morgan fingerprint density at radius 1 is 1.00 bits per heavy atom. The smallest absolute Gasteiger partial charge is 0.280 e. The van der Waals surface area contributed by atoms with E-state index in [0.29, 0.717) is 17.8 Å². The number of hydrogen-bond donors (Lipinski definition) is 2. The summed E-state index contributed by atoms with van der Waals surface area (Å²) in [7, 11) is 1.67. The van der Waals surface area contributed by atoms with Crippen LogP contribution in [0.25, 0.3) is 27.8 Å². The lowest BCUT2D eigenvalue weighted by atomic mass is 10.1. The number of rotatable bonds is 7. The molecule has 0 atom stereocenters. The molecule has 0 saturated carbocycles. The van der Waals surface area contributed by atoms with Crippen LogP contribution in [-0.2, 0) is 6.42 Å². The quantitative estimate of drug-likeness (QED) is 0.327. The Labute approximate surface area is 197 Å². The maximum Gasteiger partial charge on any atom is 0.280 e. The lowest BCUT2D eigenvalue weighted by molar-refractivity contribution is 0.415. The van der Waals surface area contributed by atoms with Crippen molar-refractivity contribution in [2.24, 2.45) is 4.99 Å². The third-order valence-electron chi connectivity index (χ3n) is 6.03. The van der Waals surface area contributed by atoms with E-state index in [1.54, 1.807) is 11.8 Å². The number of fused-ring (bicyclic) bond motifs is 1. The molecule has 0 radical (unpaired) electrons. The Morgan fingerprint density at radius 2 is 1.74 bits per heavy atom. The van der Waals surface area contributed by atoms with Crippen LogP contribution in [0.2, 0.25) is 0 Å². The molecule has 0 aliphatic rings. The van der Waals surface area contributed by atoms with Gasteiger partial charge in [0.05, 0.1) is 24.1 Å². The molecule has 0 unspecified atom stereocenters. The molecular weight excluding hydrogens is 424 g/mol. The summed E-state index contributed by atoms with van der Waals surface area (Å²) in [5, 5.41) is 4.44. The fraction of sp³-hybridized carbons (Fsp3) is 0.143. The molecule has 34 heavy (non-hydrogen) atoms. The van der Waals surface area contributed by atoms with Crippen molar-refractivity contribution in [3.8, 4) is 22.7 Å². The number of benzene rings is 3. The summed E-state index contributed by atoms with van der Waals surface area (Å²) < 4.78 is 6.96. The molecule has 5 aromatic rings. The zero-order chi connectivity index (χ0) is 23.5. The van der Waals surface area contributed by atoms with Crippen LogP contribution in [0.3, 0.4) is 0 Å². The van der Waals surface area contributed by atoms with Crippen molar-refractivity contribution in [1.29, 1.82) is 0 Å². The summed E-state index contributed by atoms with van der Waals surface area (Å²) in [6.45, 7) is 2.48. The van der Waals surface area contributed by atoms with Gasteiger partial charge in [0.1, 0.15) is 5.75 Å². The monoisotopic (exact) mass is 450 g/mol. The number of para-hydroxylation sites is 1. The molecule has 6 nitrogen and oxygen atoms in total. The summed E-state index contributed by atoms with van der Waals surface area (Å²) in [6, 6.07) is 25.5. The van der Waals surface area contributed by atoms with Crippen LogP contribution in [0.15, 0.2) is 94.8 Å². The van der Waals surface area contributed by atoms with E-state index in [0.717, 1.165) is 40.0 Å². The fourth-order valence-corrected chi connectivity index (χ4v) is 4.26. The van der Waals surface area contributed by atoms with Gasteiger partial charge in [0.2, 0.25) is 0 Å². The van der Waals surface area contributed by atoms with Gasteiger partial charge in [0.15, 0.2) is 0 Å². The molecule has 0 bridgehead atoms. The van der Waals surface area contributed by atoms with Crippen LogP contribution in [0, 0.1) is 0 Å². The first-order chi connectivity index (χ1) is 16.7. The summed E-state index contributed by atoms with van der Waals surface area (Å²) >= 11 is 0. The van der Waals surface area contributed by atoms with Crippen molar-refractivity contribution in [3.63, 3.8) is 0 Å². The molecule has 0 saturated heterocycles. The van der Waals surface area contributed by atoms with E-state index in [4.69, 9.17) is 9.73 Å². The Morgan fingerprint density at radius 3 is 2.47 bits per heavy atom. The third kappa shape index (κ3) is 4.06. The van der Waals surface area contributed by atoms with Crippen molar-refractivity contribution in [1.82, 2.24) is 14.8 Å². The lowest BCUT2D eigenvalue weighted by Crippen LogP contribution is -2.19. The largest absolute Gasteiger partial charge is 0.497 e. The van der Waals surface area contributed by atoms with Gasteiger partial charge in [-0.3, -0.25) is 14.9 Å². The molecule has 0 fully saturated rings. The molecule has 0 aliphatic carbocycles. The Hall–Kier alpha value is -4.32. The highest BCUT2D eigenvalue weighted by Crippen LogP contribution is 2.24. The minimum atomic E-state index is -0.108. The van der Waals surface area contributed by atoms with Gasteiger partial charge in [-0.25, -0.2) is 4.68 Å². The number of methoxy groups -OCH3 is 1. The van der Waals surface area contributed by atoms with Crippen LogP contribution in [-0.4, -0.2) is 34.1 Å². The molecule has 3 aromatic carbocycles. The van der Waals surface area contributed by atoms with E-state index in [1.807, 2.05) is 92.0 Å². The number of aromatic amines is 2. The highest BCUT2D eigenvalue weighted by Gasteiger charge is 2.19. The van der Waals surface area contributed by atoms with Crippen LogP contribution in [0.1, 0.15) is 18.1 Å². The van der Waals surface area contributed by atoms with Gasteiger partial charge in [-0.1, -0.05) is 48.5 Å². The second-order valence-electron chi connectivity index (χ2n) is 8.15.